The van der Waals surface area contributed by atoms with Crippen molar-refractivity contribution in [2.45, 2.75) is 25.3 Å². The van der Waals surface area contributed by atoms with Crippen LogP contribution in [0.5, 0.6) is 0 Å². The minimum Gasteiger partial charge on any atom is -0.354 e. The number of sulfone groups is 1. The van der Waals surface area contributed by atoms with Gasteiger partial charge in [0.05, 0.1) is 5.75 Å². The van der Waals surface area contributed by atoms with Gasteiger partial charge in [-0.3, -0.25) is 0 Å². The quantitative estimate of drug-likeness (QED) is 0.774. The van der Waals surface area contributed by atoms with E-state index in [1.807, 2.05) is 12.1 Å². The third-order valence-corrected chi connectivity index (χ3v) is 4.96. The highest BCUT2D eigenvalue weighted by Gasteiger charge is 2.24. The molecule has 1 fully saturated rings. The van der Waals surface area contributed by atoms with Crippen LogP contribution in [0.2, 0.25) is 0 Å². The van der Waals surface area contributed by atoms with Gasteiger partial charge in [0.2, 0.25) is 0 Å². The number of aromatic nitrogens is 2. The van der Waals surface area contributed by atoms with E-state index in [1.165, 1.54) is 6.26 Å². The summed E-state index contributed by atoms with van der Waals surface area (Å²) in [6.45, 7) is 2.74. The lowest BCUT2D eigenvalue weighted by Gasteiger charge is -2.38. The molecule has 0 bridgehead atoms. The van der Waals surface area contributed by atoms with E-state index in [0.29, 0.717) is 12.5 Å². The lowest BCUT2D eigenvalue weighted by molar-refractivity contribution is 0.215. The Hall–Kier alpha value is -1.21. The van der Waals surface area contributed by atoms with Gasteiger partial charge in [-0.25, -0.2) is 8.42 Å². The Morgan fingerprint density at radius 1 is 1.48 bits per heavy atom. The van der Waals surface area contributed by atoms with E-state index >= 15 is 0 Å². The van der Waals surface area contributed by atoms with Crippen LogP contribution >= 0.6 is 0 Å². The van der Waals surface area contributed by atoms with E-state index in [1.54, 1.807) is 6.20 Å². The van der Waals surface area contributed by atoms with Gasteiger partial charge in [0.15, 0.2) is 5.82 Å². The van der Waals surface area contributed by atoms with Gasteiger partial charge >= 0.3 is 0 Å². The van der Waals surface area contributed by atoms with Gasteiger partial charge in [0.1, 0.15) is 9.84 Å². The SMILES string of the molecule is CN(CCCS(C)(=O)=O)[C@@H]1CCCN(c2cccnn2)C1. The molecule has 7 heteroatoms. The topological polar surface area (TPSA) is 66.4 Å². The molecule has 1 aromatic rings. The summed E-state index contributed by atoms with van der Waals surface area (Å²) in [5.74, 6) is 1.18. The van der Waals surface area contributed by atoms with Gasteiger partial charge in [-0.05, 0) is 45.0 Å². The first-order valence-corrected chi connectivity index (χ1v) is 9.42. The third kappa shape index (κ3) is 5.24. The summed E-state index contributed by atoms with van der Waals surface area (Å²) in [5.41, 5.74) is 0. The molecule has 0 unspecified atom stereocenters. The first-order chi connectivity index (χ1) is 9.96. The summed E-state index contributed by atoms with van der Waals surface area (Å²) in [7, 11) is -0.783. The number of hydrogen-bond donors (Lipinski definition) is 0. The van der Waals surface area contributed by atoms with Gasteiger partial charge in [-0.2, -0.15) is 5.10 Å². The van der Waals surface area contributed by atoms with Crippen molar-refractivity contribution < 1.29 is 8.42 Å². The zero-order valence-corrected chi connectivity index (χ0v) is 13.6. The van der Waals surface area contributed by atoms with Crippen LogP contribution < -0.4 is 4.90 Å². The first-order valence-electron chi connectivity index (χ1n) is 7.36. The Kier molecular flexibility index (Phi) is 5.52. The number of rotatable bonds is 6. The molecule has 0 saturated carbocycles. The Labute approximate surface area is 127 Å². The van der Waals surface area contributed by atoms with Crippen LogP contribution in [0.1, 0.15) is 19.3 Å². The van der Waals surface area contributed by atoms with Crippen molar-refractivity contribution in [3.63, 3.8) is 0 Å². The fourth-order valence-electron chi connectivity index (χ4n) is 2.74. The highest BCUT2D eigenvalue weighted by molar-refractivity contribution is 7.90. The Morgan fingerprint density at radius 2 is 2.29 bits per heavy atom. The maximum absolute atomic E-state index is 11.2. The van der Waals surface area contributed by atoms with Crippen molar-refractivity contribution in [1.29, 1.82) is 0 Å². The Bertz CT molecular complexity index is 535. The molecule has 118 valence electrons. The normalized spacial score (nSPS) is 20.0. The molecular formula is C14H24N4O2S. The number of anilines is 1. The fourth-order valence-corrected chi connectivity index (χ4v) is 3.40. The number of piperidine rings is 1. The molecule has 2 rings (SSSR count). The predicted octanol–water partition coefficient (Wildman–Crippen LogP) is 0.812. The second-order valence-electron chi connectivity index (χ2n) is 5.79. The predicted molar refractivity (Wildman–Crippen MR) is 84.2 cm³/mol. The molecule has 0 spiro atoms. The monoisotopic (exact) mass is 312 g/mol. The lowest BCUT2D eigenvalue weighted by Crippen LogP contribution is -2.47. The molecule has 1 aromatic heterocycles. The molecule has 0 aromatic carbocycles. The summed E-state index contributed by atoms with van der Waals surface area (Å²) in [6.07, 6.45) is 5.94. The van der Waals surface area contributed by atoms with Crippen molar-refractivity contribution in [3.8, 4) is 0 Å². The summed E-state index contributed by atoms with van der Waals surface area (Å²) >= 11 is 0. The van der Waals surface area contributed by atoms with Crippen molar-refractivity contribution >= 4 is 15.7 Å². The van der Waals surface area contributed by atoms with Crippen molar-refractivity contribution in [1.82, 2.24) is 15.1 Å². The van der Waals surface area contributed by atoms with Crippen molar-refractivity contribution in [2.24, 2.45) is 0 Å². The maximum Gasteiger partial charge on any atom is 0.151 e. The molecule has 2 heterocycles. The zero-order chi connectivity index (χ0) is 15.3. The number of likely N-dealkylation sites (N-methyl/N-ethyl adjacent to an activating group) is 1. The minimum absolute atomic E-state index is 0.262. The van der Waals surface area contributed by atoms with E-state index in [0.717, 1.165) is 38.3 Å². The molecule has 1 atom stereocenters. The van der Waals surface area contributed by atoms with Gasteiger partial charge in [0.25, 0.3) is 0 Å². The van der Waals surface area contributed by atoms with Crippen LogP contribution in [0.3, 0.4) is 0 Å². The smallest absolute Gasteiger partial charge is 0.151 e. The molecule has 1 aliphatic rings. The summed E-state index contributed by atoms with van der Waals surface area (Å²) < 4.78 is 22.4. The lowest BCUT2D eigenvalue weighted by atomic mass is 10.0. The van der Waals surface area contributed by atoms with Gasteiger partial charge < -0.3 is 9.80 Å². The zero-order valence-electron chi connectivity index (χ0n) is 12.8. The van der Waals surface area contributed by atoms with E-state index in [2.05, 4.69) is 27.0 Å². The molecule has 1 saturated heterocycles. The average molecular weight is 312 g/mol. The van der Waals surface area contributed by atoms with Gasteiger partial charge in [0, 0.05) is 31.6 Å². The van der Waals surface area contributed by atoms with Crippen LogP contribution in [0, 0.1) is 0 Å². The van der Waals surface area contributed by atoms with E-state index < -0.39 is 9.84 Å². The minimum atomic E-state index is -2.86. The van der Waals surface area contributed by atoms with Crippen LogP contribution in [0.15, 0.2) is 18.3 Å². The Balaban J connectivity index is 1.86. The second-order valence-corrected chi connectivity index (χ2v) is 8.05. The largest absolute Gasteiger partial charge is 0.354 e. The highest BCUT2D eigenvalue weighted by atomic mass is 32.2. The third-order valence-electron chi connectivity index (χ3n) is 3.93. The Morgan fingerprint density at radius 3 is 2.95 bits per heavy atom. The molecule has 21 heavy (non-hydrogen) atoms. The molecular weight excluding hydrogens is 288 g/mol. The summed E-state index contributed by atoms with van der Waals surface area (Å²) in [5, 5.41) is 8.10. The van der Waals surface area contributed by atoms with Crippen molar-refractivity contribution in [3.05, 3.63) is 18.3 Å². The van der Waals surface area contributed by atoms with Gasteiger partial charge in [-0.15, -0.1) is 5.10 Å². The van der Waals surface area contributed by atoms with Crippen LogP contribution in [-0.4, -0.2) is 68.2 Å². The molecule has 0 amide bonds. The van der Waals surface area contributed by atoms with E-state index in [-0.39, 0.29) is 5.75 Å². The molecule has 0 radical (unpaired) electrons. The van der Waals surface area contributed by atoms with Crippen molar-refractivity contribution in [2.75, 3.05) is 43.6 Å². The van der Waals surface area contributed by atoms with E-state index in [4.69, 9.17) is 0 Å². The maximum atomic E-state index is 11.2. The standard InChI is InChI=1S/C14H24N4O2S/c1-17(9-5-11-21(2,19)20)13-6-4-10-18(12-13)14-7-3-8-15-16-14/h3,7-8,13H,4-6,9-12H2,1-2H3/t13-/m1/s1. The first kappa shape index (κ1) is 16.2. The molecule has 6 nitrogen and oxygen atoms in total. The van der Waals surface area contributed by atoms with Gasteiger partial charge in [-0.1, -0.05) is 0 Å². The number of hydrogen-bond acceptors (Lipinski definition) is 6. The summed E-state index contributed by atoms with van der Waals surface area (Å²) in [6, 6.07) is 4.33. The average Bonchev–Trinajstić information content (AvgIpc) is 2.47. The molecule has 0 aliphatic carbocycles. The fraction of sp³-hybridized carbons (Fsp3) is 0.714. The summed E-state index contributed by atoms with van der Waals surface area (Å²) in [4.78, 5) is 4.53. The number of nitrogens with zero attached hydrogens (tertiary/aromatic N) is 4. The molecule has 1 aliphatic heterocycles. The second kappa shape index (κ2) is 7.17. The van der Waals surface area contributed by atoms with Crippen LogP contribution in [0.25, 0.3) is 0 Å². The highest BCUT2D eigenvalue weighted by Crippen LogP contribution is 2.19. The molecule has 0 N–H and O–H groups in total. The van der Waals surface area contributed by atoms with Crippen LogP contribution in [-0.2, 0) is 9.84 Å². The van der Waals surface area contributed by atoms with E-state index in [9.17, 15) is 8.42 Å². The van der Waals surface area contributed by atoms with Crippen LogP contribution in [0.4, 0.5) is 5.82 Å².